The minimum Gasteiger partial charge on any atom is -0.494 e. The summed E-state index contributed by atoms with van der Waals surface area (Å²) < 4.78 is 19.0. The minimum atomic E-state index is -0.760. The monoisotopic (exact) mass is 274 g/mol. The molecular weight excluding hydrogens is 255 g/mol. The van der Waals surface area contributed by atoms with Gasteiger partial charge in [-0.05, 0) is 55.2 Å². The van der Waals surface area contributed by atoms with Crippen LogP contribution in [0.15, 0.2) is 36.4 Å². The Bertz CT molecular complexity index is 567. The number of halogens is 1. The standard InChI is InChI=1S/C17H19FO2/c1-4-20-15-7-5-13(6-8-15)17(19)14-9-11(2)16(18)12(3)10-14/h5-10,17,19H,4H2,1-3H3. The third-order valence-corrected chi connectivity index (χ3v) is 3.28. The van der Waals surface area contributed by atoms with Crippen molar-refractivity contribution in [3.63, 3.8) is 0 Å². The Morgan fingerprint density at radius 3 is 2.10 bits per heavy atom. The van der Waals surface area contributed by atoms with Crippen LogP contribution in [-0.2, 0) is 0 Å². The Balaban J connectivity index is 2.28. The lowest BCUT2D eigenvalue weighted by atomic mass is 9.97. The van der Waals surface area contributed by atoms with Gasteiger partial charge in [-0.3, -0.25) is 0 Å². The van der Waals surface area contributed by atoms with E-state index < -0.39 is 6.10 Å². The van der Waals surface area contributed by atoms with Crippen LogP contribution < -0.4 is 4.74 Å². The van der Waals surface area contributed by atoms with Gasteiger partial charge in [-0.1, -0.05) is 24.3 Å². The molecule has 0 aliphatic rings. The summed E-state index contributed by atoms with van der Waals surface area (Å²) in [5.74, 6) is 0.558. The highest BCUT2D eigenvalue weighted by atomic mass is 19.1. The van der Waals surface area contributed by atoms with Gasteiger partial charge in [-0.2, -0.15) is 0 Å². The van der Waals surface area contributed by atoms with Crippen LogP contribution in [0.25, 0.3) is 0 Å². The maximum atomic E-state index is 13.6. The third kappa shape index (κ3) is 2.99. The predicted octanol–water partition coefficient (Wildman–Crippen LogP) is 3.92. The summed E-state index contributed by atoms with van der Waals surface area (Å²) in [5, 5.41) is 10.4. The lowest BCUT2D eigenvalue weighted by Crippen LogP contribution is -2.02. The predicted molar refractivity (Wildman–Crippen MR) is 77.5 cm³/mol. The second-order valence-corrected chi connectivity index (χ2v) is 4.87. The molecule has 1 N–H and O–H groups in total. The second-order valence-electron chi connectivity index (χ2n) is 4.87. The van der Waals surface area contributed by atoms with E-state index in [2.05, 4.69) is 0 Å². The van der Waals surface area contributed by atoms with Crippen LogP contribution in [0.3, 0.4) is 0 Å². The van der Waals surface area contributed by atoms with Crippen molar-refractivity contribution in [1.82, 2.24) is 0 Å². The molecule has 0 saturated heterocycles. The Morgan fingerprint density at radius 1 is 1.05 bits per heavy atom. The Hall–Kier alpha value is -1.87. The first kappa shape index (κ1) is 14.5. The molecule has 2 rings (SSSR count). The lowest BCUT2D eigenvalue weighted by molar-refractivity contribution is 0.220. The number of hydrogen-bond acceptors (Lipinski definition) is 2. The summed E-state index contributed by atoms with van der Waals surface area (Å²) in [6.07, 6.45) is -0.760. The van der Waals surface area contributed by atoms with E-state index in [0.717, 1.165) is 11.3 Å². The summed E-state index contributed by atoms with van der Waals surface area (Å²) in [4.78, 5) is 0. The average molecular weight is 274 g/mol. The molecule has 0 aromatic heterocycles. The number of hydrogen-bond donors (Lipinski definition) is 1. The first-order chi connectivity index (χ1) is 9.52. The van der Waals surface area contributed by atoms with Gasteiger partial charge in [0.2, 0.25) is 0 Å². The van der Waals surface area contributed by atoms with Gasteiger partial charge in [-0.25, -0.2) is 4.39 Å². The fourth-order valence-electron chi connectivity index (χ4n) is 2.24. The highest BCUT2D eigenvalue weighted by Crippen LogP contribution is 2.26. The summed E-state index contributed by atoms with van der Waals surface area (Å²) in [6, 6.07) is 10.7. The van der Waals surface area contributed by atoms with Gasteiger partial charge in [-0.15, -0.1) is 0 Å². The molecule has 0 amide bonds. The number of benzene rings is 2. The van der Waals surface area contributed by atoms with E-state index in [9.17, 15) is 9.50 Å². The second kappa shape index (κ2) is 6.06. The Labute approximate surface area is 118 Å². The Kier molecular flexibility index (Phi) is 4.40. The molecule has 0 bridgehead atoms. The van der Waals surface area contributed by atoms with Crippen LogP contribution in [0.2, 0.25) is 0 Å². The van der Waals surface area contributed by atoms with Crippen molar-refractivity contribution >= 4 is 0 Å². The fourth-order valence-corrected chi connectivity index (χ4v) is 2.24. The van der Waals surface area contributed by atoms with Crippen LogP contribution >= 0.6 is 0 Å². The number of aliphatic hydroxyl groups excluding tert-OH is 1. The first-order valence-electron chi connectivity index (χ1n) is 6.70. The van der Waals surface area contributed by atoms with E-state index in [-0.39, 0.29) is 5.82 Å². The quantitative estimate of drug-likeness (QED) is 0.915. The number of aryl methyl sites for hydroxylation is 2. The van der Waals surface area contributed by atoms with Crippen molar-refractivity contribution in [3.05, 3.63) is 64.5 Å². The molecular formula is C17H19FO2. The molecule has 2 nitrogen and oxygen atoms in total. The average Bonchev–Trinajstić information content (AvgIpc) is 2.44. The highest BCUT2D eigenvalue weighted by Gasteiger charge is 2.13. The van der Waals surface area contributed by atoms with Crippen LogP contribution in [0.1, 0.15) is 35.3 Å². The molecule has 0 radical (unpaired) electrons. The van der Waals surface area contributed by atoms with E-state index >= 15 is 0 Å². The minimum absolute atomic E-state index is 0.215. The van der Waals surface area contributed by atoms with Gasteiger partial charge in [0.15, 0.2) is 0 Å². The van der Waals surface area contributed by atoms with Crippen LogP contribution in [-0.4, -0.2) is 11.7 Å². The molecule has 0 fully saturated rings. The number of aliphatic hydroxyl groups is 1. The van der Waals surface area contributed by atoms with Crippen molar-refractivity contribution in [2.45, 2.75) is 26.9 Å². The van der Waals surface area contributed by atoms with Crippen molar-refractivity contribution in [3.8, 4) is 5.75 Å². The van der Waals surface area contributed by atoms with Gasteiger partial charge in [0.05, 0.1) is 6.61 Å². The highest BCUT2D eigenvalue weighted by molar-refractivity contribution is 5.38. The van der Waals surface area contributed by atoms with Crippen LogP contribution in [0.5, 0.6) is 5.75 Å². The van der Waals surface area contributed by atoms with Crippen molar-refractivity contribution in [2.24, 2.45) is 0 Å². The Morgan fingerprint density at radius 2 is 1.60 bits per heavy atom. The zero-order chi connectivity index (χ0) is 14.7. The molecule has 3 heteroatoms. The normalized spacial score (nSPS) is 12.2. The van der Waals surface area contributed by atoms with Crippen LogP contribution in [0.4, 0.5) is 4.39 Å². The zero-order valence-electron chi connectivity index (χ0n) is 12.0. The topological polar surface area (TPSA) is 29.5 Å². The molecule has 0 spiro atoms. The van der Waals surface area contributed by atoms with E-state index in [1.165, 1.54) is 0 Å². The summed E-state index contributed by atoms with van der Waals surface area (Å²) >= 11 is 0. The summed E-state index contributed by atoms with van der Waals surface area (Å²) in [5.41, 5.74) is 2.55. The van der Waals surface area contributed by atoms with Crippen molar-refractivity contribution in [2.75, 3.05) is 6.61 Å². The van der Waals surface area contributed by atoms with Gasteiger partial charge in [0.25, 0.3) is 0 Å². The van der Waals surface area contributed by atoms with E-state index in [1.54, 1.807) is 26.0 Å². The van der Waals surface area contributed by atoms with E-state index in [4.69, 9.17) is 4.74 Å². The molecule has 0 aliphatic carbocycles. The first-order valence-corrected chi connectivity index (χ1v) is 6.70. The molecule has 20 heavy (non-hydrogen) atoms. The van der Waals surface area contributed by atoms with E-state index in [1.807, 2.05) is 31.2 Å². The largest absolute Gasteiger partial charge is 0.494 e. The fraction of sp³-hybridized carbons (Fsp3) is 0.294. The molecule has 2 aromatic rings. The zero-order valence-corrected chi connectivity index (χ0v) is 12.0. The van der Waals surface area contributed by atoms with Gasteiger partial charge < -0.3 is 9.84 Å². The van der Waals surface area contributed by atoms with Gasteiger partial charge in [0, 0.05) is 0 Å². The van der Waals surface area contributed by atoms with Crippen LogP contribution in [0, 0.1) is 19.7 Å². The number of rotatable bonds is 4. The molecule has 0 aliphatic heterocycles. The van der Waals surface area contributed by atoms with E-state index in [0.29, 0.717) is 23.3 Å². The van der Waals surface area contributed by atoms with Gasteiger partial charge in [0.1, 0.15) is 17.7 Å². The molecule has 0 heterocycles. The summed E-state index contributed by atoms with van der Waals surface area (Å²) in [7, 11) is 0. The molecule has 2 aromatic carbocycles. The SMILES string of the molecule is CCOc1ccc(C(O)c2cc(C)c(F)c(C)c2)cc1. The van der Waals surface area contributed by atoms with Gasteiger partial charge >= 0.3 is 0 Å². The maximum absolute atomic E-state index is 13.6. The summed E-state index contributed by atoms with van der Waals surface area (Å²) in [6.45, 7) is 5.94. The van der Waals surface area contributed by atoms with Crippen molar-refractivity contribution < 1.29 is 14.2 Å². The third-order valence-electron chi connectivity index (χ3n) is 3.28. The molecule has 0 saturated carbocycles. The molecule has 1 unspecified atom stereocenters. The van der Waals surface area contributed by atoms with Crippen molar-refractivity contribution in [1.29, 1.82) is 0 Å². The smallest absolute Gasteiger partial charge is 0.129 e. The molecule has 1 atom stereocenters. The number of ether oxygens (including phenoxy) is 1. The lowest BCUT2D eigenvalue weighted by Gasteiger charge is -2.14. The molecule has 106 valence electrons. The maximum Gasteiger partial charge on any atom is 0.129 e.